The normalized spacial score (nSPS) is 18.7. The largest absolute Gasteiger partial charge is 0.421 e. The van der Waals surface area contributed by atoms with Crippen molar-refractivity contribution in [1.29, 1.82) is 0 Å². The Bertz CT molecular complexity index is 657. The fourth-order valence-corrected chi connectivity index (χ4v) is 3.36. The molecule has 2 atom stereocenters. The molecular formula is C20H28FNO5. The molecule has 0 aromatic heterocycles. The molecule has 3 N–H and O–H groups in total. The molecule has 0 spiro atoms. The van der Waals surface area contributed by atoms with Gasteiger partial charge in [-0.15, -0.1) is 0 Å². The number of hydrogen-bond acceptors (Lipinski definition) is 6. The van der Waals surface area contributed by atoms with Gasteiger partial charge < -0.3 is 20.3 Å². The van der Waals surface area contributed by atoms with Crippen molar-refractivity contribution in [2.75, 3.05) is 0 Å². The molecular weight excluding hydrogens is 353 g/mol. The molecule has 1 heterocycles. The van der Waals surface area contributed by atoms with E-state index in [0.717, 1.165) is 25.7 Å². The van der Waals surface area contributed by atoms with Crippen LogP contribution < -0.4 is 5.73 Å². The number of rotatable bonds is 9. The van der Waals surface area contributed by atoms with Crippen LogP contribution in [0.2, 0.25) is 0 Å². The van der Waals surface area contributed by atoms with Gasteiger partial charge in [0.15, 0.2) is 0 Å². The molecule has 0 radical (unpaired) electrons. The number of halogens is 1. The van der Waals surface area contributed by atoms with Gasteiger partial charge in [0.2, 0.25) is 0 Å². The van der Waals surface area contributed by atoms with Crippen molar-refractivity contribution in [3.8, 4) is 0 Å². The molecule has 27 heavy (non-hydrogen) atoms. The summed E-state index contributed by atoms with van der Waals surface area (Å²) in [5, 5.41) is 10.9. The van der Waals surface area contributed by atoms with Crippen molar-refractivity contribution in [2.24, 2.45) is 11.1 Å². The first-order valence-corrected chi connectivity index (χ1v) is 9.30. The fraction of sp³-hybridized carbons (Fsp3) is 0.600. The highest BCUT2D eigenvalue weighted by Crippen LogP contribution is 2.50. The predicted molar refractivity (Wildman–Crippen MR) is 96.8 cm³/mol. The van der Waals surface area contributed by atoms with Crippen molar-refractivity contribution in [3.63, 3.8) is 0 Å². The second-order valence-electron chi connectivity index (χ2n) is 7.63. The van der Waals surface area contributed by atoms with Gasteiger partial charge >= 0.3 is 11.9 Å². The zero-order valence-electron chi connectivity index (χ0n) is 16.0. The number of esters is 2. The number of benzene rings is 1. The highest BCUT2D eigenvalue weighted by molar-refractivity contribution is 6.31. The van der Waals surface area contributed by atoms with Crippen molar-refractivity contribution < 1.29 is 28.6 Å². The number of carbonyl (C=O) groups excluding carboxylic acids is 2. The van der Waals surface area contributed by atoms with Crippen molar-refractivity contribution in [3.05, 3.63) is 35.6 Å². The third kappa shape index (κ3) is 4.30. The van der Waals surface area contributed by atoms with E-state index >= 15 is 0 Å². The summed E-state index contributed by atoms with van der Waals surface area (Å²) in [6.45, 7) is 5.36. The molecule has 150 valence electrons. The number of carbonyl (C=O) groups is 2. The van der Waals surface area contributed by atoms with Crippen LogP contribution in [0.25, 0.3) is 0 Å². The van der Waals surface area contributed by atoms with E-state index in [1.807, 2.05) is 0 Å². The zero-order valence-corrected chi connectivity index (χ0v) is 16.0. The van der Waals surface area contributed by atoms with Crippen LogP contribution in [0.1, 0.15) is 58.4 Å². The molecule has 0 aliphatic carbocycles. The molecule has 6 nitrogen and oxygen atoms in total. The van der Waals surface area contributed by atoms with Crippen LogP contribution in [-0.4, -0.2) is 29.2 Å². The Morgan fingerprint density at radius 3 is 2.22 bits per heavy atom. The number of nitrogens with two attached hydrogens (primary N) is 1. The Labute approximate surface area is 158 Å². The van der Waals surface area contributed by atoms with Crippen LogP contribution in [-0.2, 0) is 24.8 Å². The van der Waals surface area contributed by atoms with Crippen molar-refractivity contribution in [1.82, 2.24) is 0 Å². The Morgan fingerprint density at radius 1 is 1.15 bits per heavy atom. The van der Waals surface area contributed by atoms with E-state index in [1.165, 1.54) is 24.3 Å². The van der Waals surface area contributed by atoms with Crippen LogP contribution in [0.15, 0.2) is 24.3 Å². The molecule has 1 aromatic rings. The summed E-state index contributed by atoms with van der Waals surface area (Å²) in [4.78, 5) is 23.6. The van der Waals surface area contributed by atoms with E-state index in [9.17, 15) is 19.1 Å². The van der Waals surface area contributed by atoms with Crippen molar-refractivity contribution >= 4 is 11.9 Å². The first kappa shape index (κ1) is 21.3. The summed E-state index contributed by atoms with van der Waals surface area (Å²) in [7, 11) is 0. The number of hydrogen-bond donors (Lipinski definition) is 2. The first-order chi connectivity index (χ1) is 12.6. The number of ether oxygens (including phenoxy) is 2. The minimum absolute atomic E-state index is 0.245. The van der Waals surface area contributed by atoms with Gasteiger partial charge in [0.25, 0.3) is 5.79 Å². The van der Waals surface area contributed by atoms with Gasteiger partial charge in [0, 0.05) is 11.6 Å². The number of unbranched alkanes of at least 4 members (excludes halogenated alkanes) is 2. The van der Waals surface area contributed by atoms with Gasteiger partial charge in [-0.25, -0.2) is 14.0 Å². The standard InChI is InChI=1S/C20H28FNO5/c1-4-5-6-7-15(22)12-16(23)19(2,3)20(26-17(24)18(25)27-20)13-8-10-14(21)11-9-13/h8-11,15-16,23H,4-7,12,22H2,1-3H3. The second kappa shape index (κ2) is 8.35. The van der Waals surface area contributed by atoms with Gasteiger partial charge in [0.1, 0.15) is 5.82 Å². The highest BCUT2D eigenvalue weighted by atomic mass is 19.1. The third-order valence-electron chi connectivity index (χ3n) is 5.25. The molecule has 2 unspecified atom stereocenters. The molecule has 7 heteroatoms. The van der Waals surface area contributed by atoms with Crippen LogP contribution in [0.4, 0.5) is 4.39 Å². The minimum Gasteiger partial charge on any atom is -0.409 e. The maximum absolute atomic E-state index is 13.3. The quantitative estimate of drug-likeness (QED) is 0.388. The topological polar surface area (TPSA) is 98.9 Å². The summed E-state index contributed by atoms with van der Waals surface area (Å²) in [6, 6.07) is 4.85. The molecule has 1 fully saturated rings. The van der Waals surface area contributed by atoms with E-state index in [1.54, 1.807) is 13.8 Å². The number of aliphatic hydroxyl groups excluding tert-OH is 1. The average molecular weight is 381 g/mol. The molecule has 1 aliphatic rings. The molecule has 1 saturated heterocycles. The van der Waals surface area contributed by atoms with E-state index in [4.69, 9.17) is 15.2 Å². The van der Waals surface area contributed by atoms with Crippen molar-refractivity contribution in [2.45, 2.75) is 70.8 Å². The molecule has 0 amide bonds. The Balaban J connectivity index is 2.29. The molecule has 2 rings (SSSR count). The summed E-state index contributed by atoms with van der Waals surface area (Å²) >= 11 is 0. The van der Waals surface area contributed by atoms with Gasteiger partial charge in [-0.05, 0) is 51.0 Å². The third-order valence-corrected chi connectivity index (χ3v) is 5.25. The molecule has 1 aromatic carbocycles. The van der Waals surface area contributed by atoms with Crippen LogP contribution >= 0.6 is 0 Å². The van der Waals surface area contributed by atoms with E-state index < -0.39 is 35.1 Å². The first-order valence-electron chi connectivity index (χ1n) is 9.30. The lowest BCUT2D eigenvalue weighted by Gasteiger charge is -2.43. The summed E-state index contributed by atoms with van der Waals surface area (Å²) in [5.74, 6) is -4.63. The highest BCUT2D eigenvalue weighted by Gasteiger charge is 2.62. The lowest BCUT2D eigenvalue weighted by Crippen LogP contribution is -2.52. The Kier molecular flexibility index (Phi) is 6.59. The van der Waals surface area contributed by atoms with Crippen LogP contribution in [0.3, 0.4) is 0 Å². The van der Waals surface area contributed by atoms with Crippen LogP contribution in [0.5, 0.6) is 0 Å². The monoisotopic (exact) mass is 381 g/mol. The van der Waals surface area contributed by atoms with E-state index in [-0.39, 0.29) is 18.0 Å². The maximum atomic E-state index is 13.3. The lowest BCUT2D eigenvalue weighted by molar-refractivity contribution is -0.256. The number of cyclic esters (lactones) is 2. The Morgan fingerprint density at radius 2 is 1.70 bits per heavy atom. The number of aliphatic hydroxyl groups is 1. The maximum Gasteiger partial charge on any atom is 0.421 e. The lowest BCUT2D eigenvalue weighted by atomic mass is 9.72. The molecule has 0 saturated carbocycles. The summed E-state index contributed by atoms with van der Waals surface area (Å²) < 4.78 is 24.0. The summed E-state index contributed by atoms with van der Waals surface area (Å²) in [6.07, 6.45) is 3.05. The Hall–Kier alpha value is -1.99. The smallest absolute Gasteiger partial charge is 0.409 e. The van der Waals surface area contributed by atoms with Gasteiger partial charge in [-0.3, -0.25) is 0 Å². The van der Waals surface area contributed by atoms with Gasteiger partial charge in [-0.1, -0.05) is 26.2 Å². The SMILES string of the molecule is CCCCCC(N)CC(O)C(C)(C)C1(c2ccc(F)cc2)OC(=O)C(=O)O1. The fourth-order valence-electron chi connectivity index (χ4n) is 3.36. The van der Waals surface area contributed by atoms with E-state index in [0.29, 0.717) is 0 Å². The van der Waals surface area contributed by atoms with Gasteiger partial charge in [-0.2, -0.15) is 0 Å². The van der Waals surface area contributed by atoms with E-state index in [2.05, 4.69) is 6.92 Å². The second-order valence-corrected chi connectivity index (χ2v) is 7.63. The minimum atomic E-state index is -1.85. The molecule has 0 bridgehead atoms. The molecule has 1 aliphatic heterocycles. The predicted octanol–water partition coefficient (Wildman–Crippen LogP) is 2.76. The summed E-state index contributed by atoms with van der Waals surface area (Å²) in [5.41, 5.74) is 5.20. The van der Waals surface area contributed by atoms with Gasteiger partial charge in [0.05, 0.1) is 11.5 Å². The zero-order chi connectivity index (χ0) is 20.2. The average Bonchev–Trinajstić information content (AvgIpc) is 2.92. The van der Waals surface area contributed by atoms with Crippen LogP contribution in [0, 0.1) is 11.2 Å².